The van der Waals surface area contributed by atoms with Crippen LogP contribution in [0, 0.1) is 0 Å². The lowest BCUT2D eigenvalue weighted by molar-refractivity contribution is -0.137. The Balaban J connectivity index is 1.86. The van der Waals surface area contributed by atoms with E-state index in [-0.39, 0.29) is 0 Å². The summed E-state index contributed by atoms with van der Waals surface area (Å²) in [7, 11) is 0. The zero-order valence-electron chi connectivity index (χ0n) is 12.6. The Labute approximate surface area is 131 Å². The predicted octanol–water partition coefficient (Wildman–Crippen LogP) is 1.47. The normalized spacial score (nSPS) is 19.9. The van der Waals surface area contributed by atoms with Crippen LogP contribution in [0.3, 0.4) is 0 Å². The highest BCUT2D eigenvalue weighted by molar-refractivity contribution is 5.36. The number of rotatable bonds is 3. The quantitative estimate of drug-likeness (QED) is 0.926. The van der Waals surface area contributed by atoms with E-state index in [1.165, 1.54) is 10.7 Å². The molecule has 1 atom stereocenters. The summed E-state index contributed by atoms with van der Waals surface area (Å²) >= 11 is 0. The number of aromatic nitrogens is 4. The van der Waals surface area contributed by atoms with Crippen LogP contribution < -0.4 is 5.32 Å². The Morgan fingerprint density at radius 2 is 2.17 bits per heavy atom. The second kappa shape index (κ2) is 6.25. The van der Waals surface area contributed by atoms with Gasteiger partial charge in [0.25, 0.3) is 0 Å². The Morgan fingerprint density at radius 1 is 1.35 bits per heavy atom. The Kier molecular flexibility index (Phi) is 4.31. The third-order valence-electron chi connectivity index (χ3n) is 3.94. The molecule has 6 nitrogen and oxygen atoms in total. The highest BCUT2D eigenvalue weighted by Crippen LogP contribution is 2.30. The fourth-order valence-electron chi connectivity index (χ4n) is 2.62. The number of tetrazole rings is 1. The zero-order chi connectivity index (χ0) is 16.4. The molecule has 1 aliphatic heterocycles. The van der Waals surface area contributed by atoms with Crippen molar-refractivity contribution in [1.82, 2.24) is 30.4 Å². The van der Waals surface area contributed by atoms with E-state index in [0.717, 1.165) is 31.8 Å². The smallest absolute Gasteiger partial charge is 0.314 e. The van der Waals surface area contributed by atoms with Crippen LogP contribution in [0.2, 0.25) is 0 Å². The number of benzene rings is 1. The van der Waals surface area contributed by atoms with Crippen molar-refractivity contribution in [3.63, 3.8) is 0 Å². The minimum atomic E-state index is -4.39. The first-order valence-corrected chi connectivity index (χ1v) is 7.35. The molecule has 1 fully saturated rings. The maximum absolute atomic E-state index is 12.9. The Bertz CT molecular complexity index is 669. The van der Waals surface area contributed by atoms with E-state index in [0.29, 0.717) is 24.1 Å². The monoisotopic (exact) mass is 326 g/mol. The SMILES string of the molecule is C[C@@H]1CNCCN1Cc1nnnn1-c1cccc(C(F)(F)F)c1. The summed E-state index contributed by atoms with van der Waals surface area (Å²) < 4.78 is 39.9. The molecule has 0 spiro atoms. The molecule has 0 radical (unpaired) electrons. The van der Waals surface area contributed by atoms with E-state index in [1.807, 2.05) is 0 Å². The van der Waals surface area contributed by atoms with Gasteiger partial charge in [-0.05, 0) is 35.5 Å². The van der Waals surface area contributed by atoms with Gasteiger partial charge in [-0.1, -0.05) is 6.07 Å². The zero-order valence-corrected chi connectivity index (χ0v) is 12.6. The molecule has 23 heavy (non-hydrogen) atoms. The van der Waals surface area contributed by atoms with Gasteiger partial charge < -0.3 is 5.32 Å². The van der Waals surface area contributed by atoms with Crippen LogP contribution >= 0.6 is 0 Å². The second-order valence-electron chi connectivity index (χ2n) is 5.58. The molecule has 0 unspecified atom stereocenters. The number of hydrogen-bond donors (Lipinski definition) is 1. The van der Waals surface area contributed by atoms with Gasteiger partial charge in [-0.2, -0.15) is 17.9 Å². The summed E-state index contributed by atoms with van der Waals surface area (Å²) in [6, 6.07) is 5.33. The fraction of sp³-hybridized carbons (Fsp3) is 0.500. The number of halogens is 3. The van der Waals surface area contributed by atoms with E-state index in [2.05, 4.69) is 32.7 Å². The highest BCUT2D eigenvalue weighted by atomic mass is 19.4. The molecule has 124 valence electrons. The summed E-state index contributed by atoms with van der Waals surface area (Å²) in [4.78, 5) is 2.20. The van der Waals surface area contributed by atoms with Crippen LogP contribution in [0.1, 0.15) is 18.3 Å². The van der Waals surface area contributed by atoms with Crippen LogP contribution in [-0.2, 0) is 12.7 Å². The van der Waals surface area contributed by atoms with E-state index >= 15 is 0 Å². The number of alkyl halides is 3. The number of nitrogens with one attached hydrogen (secondary N) is 1. The fourth-order valence-corrected chi connectivity index (χ4v) is 2.62. The van der Waals surface area contributed by atoms with Crippen molar-refractivity contribution in [2.24, 2.45) is 0 Å². The van der Waals surface area contributed by atoms with Gasteiger partial charge in [0.2, 0.25) is 0 Å². The van der Waals surface area contributed by atoms with E-state index < -0.39 is 11.7 Å². The van der Waals surface area contributed by atoms with Crippen LogP contribution in [-0.4, -0.2) is 50.8 Å². The van der Waals surface area contributed by atoms with Crippen molar-refractivity contribution >= 4 is 0 Å². The maximum atomic E-state index is 12.9. The topological polar surface area (TPSA) is 58.9 Å². The molecule has 1 saturated heterocycles. The highest BCUT2D eigenvalue weighted by Gasteiger charge is 2.31. The molecule has 1 aromatic heterocycles. The van der Waals surface area contributed by atoms with Gasteiger partial charge in [0.15, 0.2) is 5.82 Å². The Morgan fingerprint density at radius 3 is 2.91 bits per heavy atom. The van der Waals surface area contributed by atoms with Gasteiger partial charge in [0.05, 0.1) is 17.8 Å². The molecule has 1 aromatic carbocycles. The van der Waals surface area contributed by atoms with Gasteiger partial charge in [-0.3, -0.25) is 4.90 Å². The standard InChI is InChI=1S/C14H17F3N6/c1-10-8-18-5-6-22(10)9-13-19-20-21-23(13)12-4-2-3-11(7-12)14(15,16)17/h2-4,7,10,18H,5-6,8-9H2,1H3/t10-/m1/s1. The molecular weight excluding hydrogens is 309 g/mol. The van der Waals surface area contributed by atoms with E-state index in [9.17, 15) is 13.2 Å². The van der Waals surface area contributed by atoms with Crippen molar-refractivity contribution in [3.05, 3.63) is 35.7 Å². The van der Waals surface area contributed by atoms with Crippen molar-refractivity contribution in [2.75, 3.05) is 19.6 Å². The molecule has 1 N–H and O–H groups in total. The minimum absolute atomic E-state index is 0.308. The molecule has 0 saturated carbocycles. The van der Waals surface area contributed by atoms with E-state index in [1.54, 1.807) is 6.07 Å². The molecule has 9 heteroatoms. The van der Waals surface area contributed by atoms with E-state index in [4.69, 9.17) is 0 Å². The first-order chi connectivity index (χ1) is 10.9. The number of nitrogens with zero attached hydrogens (tertiary/aromatic N) is 5. The molecule has 0 aliphatic carbocycles. The van der Waals surface area contributed by atoms with Gasteiger partial charge in [-0.25, -0.2) is 0 Å². The summed E-state index contributed by atoms with van der Waals surface area (Å²) in [5.41, 5.74) is -0.408. The Hall–Kier alpha value is -2.00. The lowest BCUT2D eigenvalue weighted by Gasteiger charge is -2.33. The number of piperazine rings is 1. The third-order valence-corrected chi connectivity index (χ3v) is 3.94. The molecule has 2 aromatic rings. The predicted molar refractivity (Wildman–Crippen MR) is 76.9 cm³/mol. The van der Waals surface area contributed by atoms with Crippen molar-refractivity contribution in [1.29, 1.82) is 0 Å². The van der Waals surface area contributed by atoms with Crippen molar-refractivity contribution < 1.29 is 13.2 Å². The largest absolute Gasteiger partial charge is 0.416 e. The van der Waals surface area contributed by atoms with Crippen LogP contribution in [0.4, 0.5) is 13.2 Å². The molecular formula is C14H17F3N6. The minimum Gasteiger partial charge on any atom is -0.314 e. The molecule has 0 bridgehead atoms. The average Bonchev–Trinajstić information content (AvgIpc) is 2.97. The average molecular weight is 326 g/mol. The maximum Gasteiger partial charge on any atom is 0.416 e. The lowest BCUT2D eigenvalue weighted by Crippen LogP contribution is -2.49. The van der Waals surface area contributed by atoms with Crippen LogP contribution in [0.15, 0.2) is 24.3 Å². The summed E-state index contributed by atoms with van der Waals surface area (Å²) in [5.74, 6) is 0.526. The van der Waals surface area contributed by atoms with Gasteiger partial charge >= 0.3 is 6.18 Å². The van der Waals surface area contributed by atoms with Crippen molar-refractivity contribution in [3.8, 4) is 5.69 Å². The van der Waals surface area contributed by atoms with Crippen LogP contribution in [0.5, 0.6) is 0 Å². The summed E-state index contributed by atoms with van der Waals surface area (Å²) in [6.07, 6.45) is -4.39. The van der Waals surface area contributed by atoms with Crippen molar-refractivity contribution in [2.45, 2.75) is 25.7 Å². The molecule has 2 heterocycles. The third kappa shape index (κ3) is 3.50. The second-order valence-corrected chi connectivity index (χ2v) is 5.58. The first-order valence-electron chi connectivity index (χ1n) is 7.35. The molecule has 0 amide bonds. The summed E-state index contributed by atoms with van der Waals surface area (Å²) in [5, 5.41) is 14.7. The number of hydrogen-bond acceptors (Lipinski definition) is 5. The molecule has 3 rings (SSSR count). The van der Waals surface area contributed by atoms with Gasteiger partial charge in [-0.15, -0.1) is 5.10 Å². The molecule has 1 aliphatic rings. The first kappa shape index (κ1) is 15.9. The lowest BCUT2D eigenvalue weighted by atomic mass is 10.2. The van der Waals surface area contributed by atoms with Gasteiger partial charge in [0, 0.05) is 25.7 Å². The van der Waals surface area contributed by atoms with Gasteiger partial charge in [0.1, 0.15) is 0 Å². The summed E-state index contributed by atoms with van der Waals surface area (Å²) in [6.45, 7) is 5.16. The van der Waals surface area contributed by atoms with Crippen LogP contribution in [0.25, 0.3) is 5.69 Å².